The van der Waals surface area contributed by atoms with E-state index in [0.717, 1.165) is 34.5 Å². The van der Waals surface area contributed by atoms with E-state index < -0.39 is 0 Å². The highest BCUT2D eigenvalue weighted by Gasteiger charge is 2.28. The van der Waals surface area contributed by atoms with Crippen LogP contribution in [0, 0.1) is 5.82 Å². The number of amides is 1. The van der Waals surface area contributed by atoms with Crippen molar-refractivity contribution in [3.63, 3.8) is 0 Å². The lowest BCUT2D eigenvalue weighted by atomic mass is 10.00. The van der Waals surface area contributed by atoms with Gasteiger partial charge < -0.3 is 4.90 Å². The molecule has 0 spiro atoms. The normalized spacial score (nSPS) is 13.1. The Bertz CT molecular complexity index is 1220. The van der Waals surface area contributed by atoms with E-state index in [-0.39, 0.29) is 11.7 Å². The molecule has 0 aliphatic carbocycles. The quantitative estimate of drug-likeness (QED) is 0.458. The van der Waals surface area contributed by atoms with Crippen molar-refractivity contribution in [3.05, 3.63) is 113 Å². The lowest BCUT2D eigenvalue weighted by molar-refractivity contribution is -0.131. The molecule has 160 valence electrons. The standard InChI is InChI=1S/C27H24FN3O/c28-23-13-11-22(12-14-23)27-24-19-30(26(32)17-20-7-3-1-4-8-20)16-15-25(24)31(29-27)18-21-9-5-2-6-10-21/h1-14H,15-19H2. The molecule has 0 fully saturated rings. The third-order valence-corrected chi connectivity index (χ3v) is 5.98. The predicted molar refractivity (Wildman–Crippen MR) is 122 cm³/mol. The lowest BCUT2D eigenvalue weighted by Gasteiger charge is -2.28. The molecule has 0 saturated heterocycles. The van der Waals surface area contributed by atoms with Crippen molar-refractivity contribution in [2.75, 3.05) is 6.54 Å². The zero-order valence-electron chi connectivity index (χ0n) is 17.7. The van der Waals surface area contributed by atoms with Crippen LogP contribution in [0.5, 0.6) is 0 Å². The van der Waals surface area contributed by atoms with Gasteiger partial charge in [-0.3, -0.25) is 9.48 Å². The number of fused-ring (bicyclic) bond motifs is 1. The summed E-state index contributed by atoms with van der Waals surface area (Å²) in [6.45, 7) is 1.85. The van der Waals surface area contributed by atoms with E-state index in [1.54, 1.807) is 12.1 Å². The average molecular weight is 426 g/mol. The van der Waals surface area contributed by atoms with Crippen molar-refractivity contribution < 1.29 is 9.18 Å². The summed E-state index contributed by atoms with van der Waals surface area (Å²) in [4.78, 5) is 14.9. The lowest BCUT2D eigenvalue weighted by Crippen LogP contribution is -2.37. The third-order valence-electron chi connectivity index (χ3n) is 5.98. The molecule has 0 bridgehead atoms. The molecular weight excluding hydrogens is 401 g/mol. The molecule has 0 unspecified atom stereocenters. The van der Waals surface area contributed by atoms with Gasteiger partial charge in [0.2, 0.25) is 5.91 Å². The van der Waals surface area contributed by atoms with Crippen LogP contribution >= 0.6 is 0 Å². The van der Waals surface area contributed by atoms with Crippen LogP contribution in [0.15, 0.2) is 84.9 Å². The fraction of sp³-hybridized carbons (Fsp3) is 0.185. The maximum absolute atomic E-state index is 13.5. The van der Waals surface area contributed by atoms with E-state index in [9.17, 15) is 9.18 Å². The first-order valence-corrected chi connectivity index (χ1v) is 10.9. The minimum Gasteiger partial charge on any atom is -0.338 e. The molecule has 1 aromatic heterocycles. The van der Waals surface area contributed by atoms with E-state index in [2.05, 4.69) is 12.1 Å². The molecule has 4 aromatic rings. The summed E-state index contributed by atoms with van der Waals surface area (Å²) in [7, 11) is 0. The second kappa shape index (κ2) is 8.79. The van der Waals surface area contributed by atoms with Crippen molar-refractivity contribution in [1.82, 2.24) is 14.7 Å². The molecule has 1 aliphatic heterocycles. The zero-order valence-corrected chi connectivity index (χ0v) is 17.7. The highest BCUT2D eigenvalue weighted by atomic mass is 19.1. The number of hydrogen-bond acceptors (Lipinski definition) is 2. The molecule has 0 saturated carbocycles. The molecule has 5 rings (SSSR count). The molecule has 1 amide bonds. The second-order valence-electron chi connectivity index (χ2n) is 8.15. The van der Waals surface area contributed by atoms with Crippen LogP contribution in [-0.4, -0.2) is 27.1 Å². The predicted octanol–water partition coefficient (Wildman–Crippen LogP) is 4.86. The molecular formula is C27H24FN3O. The largest absolute Gasteiger partial charge is 0.338 e. The van der Waals surface area contributed by atoms with Gasteiger partial charge in [-0.25, -0.2) is 4.39 Å². The molecule has 5 heteroatoms. The maximum atomic E-state index is 13.5. The first-order valence-electron chi connectivity index (χ1n) is 10.9. The minimum absolute atomic E-state index is 0.114. The summed E-state index contributed by atoms with van der Waals surface area (Å²) in [6, 6.07) is 26.5. The van der Waals surface area contributed by atoms with E-state index >= 15 is 0 Å². The first kappa shape index (κ1) is 20.2. The van der Waals surface area contributed by atoms with Gasteiger partial charge in [0.25, 0.3) is 0 Å². The van der Waals surface area contributed by atoms with Crippen molar-refractivity contribution >= 4 is 5.91 Å². The molecule has 0 atom stereocenters. The van der Waals surface area contributed by atoms with Crippen LogP contribution in [0.1, 0.15) is 22.4 Å². The smallest absolute Gasteiger partial charge is 0.227 e. The number of benzene rings is 3. The minimum atomic E-state index is -0.272. The Morgan fingerprint density at radius 1 is 0.875 bits per heavy atom. The molecule has 2 heterocycles. The Labute approximate surface area is 186 Å². The van der Waals surface area contributed by atoms with Gasteiger partial charge >= 0.3 is 0 Å². The topological polar surface area (TPSA) is 38.1 Å². The van der Waals surface area contributed by atoms with Crippen molar-refractivity contribution in [2.24, 2.45) is 0 Å². The van der Waals surface area contributed by atoms with Gasteiger partial charge in [0.05, 0.1) is 18.7 Å². The maximum Gasteiger partial charge on any atom is 0.227 e. The van der Waals surface area contributed by atoms with Gasteiger partial charge in [0.1, 0.15) is 5.82 Å². The van der Waals surface area contributed by atoms with Gasteiger partial charge in [-0.1, -0.05) is 60.7 Å². The number of aromatic nitrogens is 2. The SMILES string of the molecule is O=C(Cc1ccccc1)N1CCc2c(c(-c3ccc(F)cc3)nn2Cc2ccccc2)C1. The van der Waals surface area contributed by atoms with Crippen LogP contribution in [0.2, 0.25) is 0 Å². The van der Waals surface area contributed by atoms with Gasteiger partial charge in [-0.2, -0.15) is 5.10 Å². The summed E-state index contributed by atoms with van der Waals surface area (Å²) in [5.41, 5.74) is 6.09. The fourth-order valence-corrected chi connectivity index (χ4v) is 4.31. The van der Waals surface area contributed by atoms with Gasteiger partial charge in [0.15, 0.2) is 0 Å². The molecule has 0 radical (unpaired) electrons. The van der Waals surface area contributed by atoms with E-state index in [0.29, 0.717) is 26.1 Å². The second-order valence-corrected chi connectivity index (χ2v) is 8.15. The van der Waals surface area contributed by atoms with Gasteiger partial charge in [-0.05, 0) is 35.4 Å². The van der Waals surface area contributed by atoms with Gasteiger partial charge in [-0.15, -0.1) is 0 Å². The van der Waals surface area contributed by atoms with Crippen LogP contribution in [0.25, 0.3) is 11.3 Å². The number of hydrogen-bond donors (Lipinski definition) is 0. The number of carbonyl (C=O) groups is 1. The van der Waals surface area contributed by atoms with E-state index in [1.807, 2.05) is 58.1 Å². The van der Waals surface area contributed by atoms with Crippen LogP contribution in [0.3, 0.4) is 0 Å². The van der Waals surface area contributed by atoms with E-state index in [4.69, 9.17) is 5.10 Å². The Balaban J connectivity index is 1.47. The van der Waals surface area contributed by atoms with Crippen molar-refractivity contribution in [2.45, 2.75) is 25.9 Å². The average Bonchev–Trinajstić information content (AvgIpc) is 3.18. The third kappa shape index (κ3) is 4.19. The molecule has 3 aromatic carbocycles. The summed E-state index contributed by atoms with van der Waals surface area (Å²) in [5, 5.41) is 4.92. The monoisotopic (exact) mass is 425 g/mol. The van der Waals surface area contributed by atoms with Crippen LogP contribution in [0.4, 0.5) is 4.39 Å². The van der Waals surface area contributed by atoms with Crippen LogP contribution < -0.4 is 0 Å². The van der Waals surface area contributed by atoms with E-state index in [1.165, 1.54) is 17.7 Å². The summed E-state index contributed by atoms with van der Waals surface area (Å²) in [6.07, 6.45) is 1.14. The number of rotatable bonds is 5. The molecule has 32 heavy (non-hydrogen) atoms. The highest BCUT2D eigenvalue weighted by Crippen LogP contribution is 2.31. The van der Waals surface area contributed by atoms with Crippen molar-refractivity contribution in [3.8, 4) is 11.3 Å². The van der Waals surface area contributed by atoms with Crippen LogP contribution in [-0.2, 0) is 30.7 Å². The Hall–Kier alpha value is -3.73. The number of nitrogens with zero attached hydrogens (tertiary/aromatic N) is 3. The summed E-state index contributed by atoms with van der Waals surface area (Å²) >= 11 is 0. The van der Waals surface area contributed by atoms with Gasteiger partial charge in [0, 0.05) is 36.3 Å². The first-order chi connectivity index (χ1) is 15.7. The Kier molecular flexibility index (Phi) is 5.55. The Morgan fingerprint density at radius 3 is 2.22 bits per heavy atom. The Morgan fingerprint density at radius 2 is 1.53 bits per heavy atom. The summed E-state index contributed by atoms with van der Waals surface area (Å²) < 4.78 is 15.6. The summed E-state index contributed by atoms with van der Waals surface area (Å²) in [5.74, 6) is -0.159. The number of halogens is 1. The fourth-order valence-electron chi connectivity index (χ4n) is 4.31. The highest BCUT2D eigenvalue weighted by molar-refractivity contribution is 5.79. The zero-order chi connectivity index (χ0) is 21.9. The van der Waals surface area contributed by atoms with Crippen molar-refractivity contribution in [1.29, 1.82) is 0 Å². The molecule has 4 nitrogen and oxygen atoms in total. The number of carbonyl (C=O) groups excluding carboxylic acids is 1. The molecule has 1 aliphatic rings. The molecule has 0 N–H and O–H groups in total.